The van der Waals surface area contributed by atoms with E-state index in [0.717, 1.165) is 12.8 Å². The average Bonchev–Trinajstić information content (AvgIpc) is 2.72. The number of rotatable bonds is 2. The minimum Gasteiger partial charge on any atom is -0.365 e. The maximum absolute atomic E-state index is 11.9. The molecule has 2 rings (SSSR count). The van der Waals surface area contributed by atoms with Crippen LogP contribution in [0.4, 0.5) is 5.69 Å². The van der Waals surface area contributed by atoms with Crippen LogP contribution >= 0.6 is 11.6 Å². The predicted octanol–water partition coefficient (Wildman–Crippen LogP) is 2.55. The van der Waals surface area contributed by atoms with Gasteiger partial charge in [-0.1, -0.05) is 11.6 Å². The van der Waals surface area contributed by atoms with Crippen molar-refractivity contribution in [2.75, 3.05) is 5.32 Å². The van der Waals surface area contributed by atoms with E-state index < -0.39 is 0 Å². The standard InChI is InChI=1S/C12H15ClN2O2/c1-7-3-4-10(17-7)12(16)15-9-5-6-14-8(2)11(9)13/h5-7,10H,3-4H2,1-2H3,(H,14,15,16). The number of anilines is 1. The first-order valence-electron chi connectivity index (χ1n) is 5.65. The molecule has 0 bridgehead atoms. The molecule has 0 aliphatic carbocycles. The summed E-state index contributed by atoms with van der Waals surface area (Å²) in [5, 5.41) is 3.26. The number of pyridine rings is 1. The van der Waals surface area contributed by atoms with Gasteiger partial charge in [0.1, 0.15) is 6.10 Å². The zero-order chi connectivity index (χ0) is 12.4. The number of halogens is 1. The molecule has 1 aliphatic heterocycles. The lowest BCUT2D eigenvalue weighted by molar-refractivity contribution is -0.126. The van der Waals surface area contributed by atoms with Gasteiger partial charge in [0.15, 0.2) is 0 Å². The molecule has 5 heteroatoms. The van der Waals surface area contributed by atoms with E-state index in [1.54, 1.807) is 19.2 Å². The number of hydrogen-bond acceptors (Lipinski definition) is 3. The Labute approximate surface area is 105 Å². The number of carbonyl (C=O) groups excluding carboxylic acids is 1. The first kappa shape index (κ1) is 12.3. The van der Waals surface area contributed by atoms with Crippen molar-refractivity contribution in [1.82, 2.24) is 4.98 Å². The fourth-order valence-electron chi connectivity index (χ4n) is 1.85. The molecule has 2 unspecified atom stereocenters. The summed E-state index contributed by atoms with van der Waals surface area (Å²) in [6.07, 6.45) is 3.08. The molecule has 2 atom stereocenters. The SMILES string of the molecule is Cc1nccc(NC(=O)C2CCC(C)O2)c1Cl. The Balaban J connectivity index is 2.06. The van der Waals surface area contributed by atoms with Crippen molar-refractivity contribution in [3.63, 3.8) is 0 Å². The van der Waals surface area contributed by atoms with Gasteiger partial charge in [0, 0.05) is 6.20 Å². The van der Waals surface area contributed by atoms with Crippen LogP contribution in [0.1, 0.15) is 25.5 Å². The largest absolute Gasteiger partial charge is 0.365 e. The van der Waals surface area contributed by atoms with Gasteiger partial charge in [0.25, 0.3) is 5.91 Å². The molecule has 2 heterocycles. The van der Waals surface area contributed by atoms with Crippen LogP contribution in [-0.2, 0) is 9.53 Å². The van der Waals surface area contributed by atoms with Crippen LogP contribution in [0.25, 0.3) is 0 Å². The Morgan fingerprint density at radius 3 is 3.00 bits per heavy atom. The van der Waals surface area contributed by atoms with Crippen molar-refractivity contribution in [3.8, 4) is 0 Å². The quantitative estimate of drug-likeness (QED) is 0.882. The highest BCUT2D eigenvalue weighted by Gasteiger charge is 2.28. The first-order valence-corrected chi connectivity index (χ1v) is 6.03. The second-order valence-electron chi connectivity index (χ2n) is 4.26. The molecule has 1 aliphatic rings. The second kappa shape index (κ2) is 5.02. The third-order valence-electron chi connectivity index (χ3n) is 2.85. The Kier molecular flexibility index (Phi) is 3.64. The third kappa shape index (κ3) is 2.76. The molecule has 0 saturated carbocycles. The fraction of sp³-hybridized carbons (Fsp3) is 0.500. The maximum Gasteiger partial charge on any atom is 0.253 e. The van der Waals surface area contributed by atoms with Gasteiger partial charge in [-0.15, -0.1) is 0 Å². The van der Waals surface area contributed by atoms with Crippen LogP contribution in [0.3, 0.4) is 0 Å². The van der Waals surface area contributed by atoms with E-state index >= 15 is 0 Å². The van der Waals surface area contributed by atoms with Crippen molar-refractivity contribution in [2.24, 2.45) is 0 Å². The van der Waals surface area contributed by atoms with Crippen molar-refractivity contribution < 1.29 is 9.53 Å². The van der Waals surface area contributed by atoms with Crippen molar-refractivity contribution in [3.05, 3.63) is 23.0 Å². The summed E-state index contributed by atoms with van der Waals surface area (Å²) < 4.78 is 5.49. The number of aryl methyl sites for hydroxylation is 1. The number of hydrogen-bond donors (Lipinski definition) is 1. The van der Waals surface area contributed by atoms with E-state index in [1.165, 1.54) is 0 Å². The minimum atomic E-state index is -0.366. The van der Waals surface area contributed by atoms with Crippen molar-refractivity contribution in [1.29, 1.82) is 0 Å². The minimum absolute atomic E-state index is 0.137. The molecule has 0 aromatic carbocycles. The Morgan fingerprint density at radius 1 is 1.59 bits per heavy atom. The number of nitrogens with one attached hydrogen (secondary N) is 1. The summed E-state index contributed by atoms with van der Waals surface area (Å²) in [6.45, 7) is 3.77. The molecule has 1 amide bonds. The maximum atomic E-state index is 11.9. The normalized spacial score (nSPS) is 23.7. The topological polar surface area (TPSA) is 51.2 Å². The predicted molar refractivity (Wildman–Crippen MR) is 66.2 cm³/mol. The van der Waals surface area contributed by atoms with Gasteiger partial charge in [0.2, 0.25) is 0 Å². The summed E-state index contributed by atoms with van der Waals surface area (Å²) in [7, 11) is 0. The van der Waals surface area contributed by atoms with Crippen LogP contribution in [0.5, 0.6) is 0 Å². The van der Waals surface area contributed by atoms with E-state index in [-0.39, 0.29) is 18.1 Å². The number of aromatic nitrogens is 1. The van der Waals surface area contributed by atoms with Gasteiger partial charge in [-0.3, -0.25) is 9.78 Å². The fourth-order valence-corrected chi connectivity index (χ4v) is 2.01. The van der Waals surface area contributed by atoms with Gasteiger partial charge < -0.3 is 10.1 Å². The second-order valence-corrected chi connectivity index (χ2v) is 4.64. The highest BCUT2D eigenvalue weighted by molar-refractivity contribution is 6.34. The van der Waals surface area contributed by atoms with Gasteiger partial charge in [0.05, 0.1) is 22.5 Å². The van der Waals surface area contributed by atoms with E-state index in [2.05, 4.69) is 10.3 Å². The first-order chi connectivity index (χ1) is 8.08. The number of amides is 1. The highest BCUT2D eigenvalue weighted by Crippen LogP contribution is 2.25. The van der Waals surface area contributed by atoms with E-state index in [0.29, 0.717) is 16.4 Å². The van der Waals surface area contributed by atoms with Crippen LogP contribution < -0.4 is 5.32 Å². The van der Waals surface area contributed by atoms with Crippen LogP contribution in [0.15, 0.2) is 12.3 Å². The lowest BCUT2D eigenvalue weighted by atomic mass is 10.2. The summed E-state index contributed by atoms with van der Waals surface area (Å²) in [5.41, 5.74) is 1.29. The molecule has 17 heavy (non-hydrogen) atoms. The number of carbonyl (C=O) groups is 1. The zero-order valence-electron chi connectivity index (χ0n) is 9.87. The van der Waals surface area contributed by atoms with Gasteiger partial charge >= 0.3 is 0 Å². The molecular formula is C12H15ClN2O2. The molecule has 1 saturated heterocycles. The molecule has 4 nitrogen and oxygen atoms in total. The smallest absolute Gasteiger partial charge is 0.253 e. The van der Waals surface area contributed by atoms with Crippen molar-refractivity contribution >= 4 is 23.2 Å². The molecule has 1 fully saturated rings. The van der Waals surface area contributed by atoms with E-state index in [1.807, 2.05) is 6.92 Å². The van der Waals surface area contributed by atoms with E-state index in [4.69, 9.17) is 16.3 Å². The molecular weight excluding hydrogens is 240 g/mol. The van der Waals surface area contributed by atoms with E-state index in [9.17, 15) is 4.79 Å². The number of ether oxygens (including phenoxy) is 1. The van der Waals surface area contributed by atoms with Crippen LogP contribution in [-0.4, -0.2) is 23.1 Å². The van der Waals surface area contributed by atoms with Gasteiger partial charge in [-0.25, -0.2) is 0 Å². The Bertz CT molecular complexity index is 437. The summed E-state index contributed by atoms with van der Waals surface area (Å²) >= 11 is 6.05. The lowest BCUT2D eigenvalue weighted by Gasteiger charge is -2.13. The third-order valence-corrected chi connectivity index (χ3v) is 3.32. The zero-order valence-corrected chi connectivity index (χ0v) is 10.6. The highest BCUT2D eigenvalue weighted by atomic mass is 35.5. The summed E-state index contributed by atoms with van der Waals surface area (Å²) in [5.74, 6) is -0.137. The molecule has 0 radical (unpaired) electrons. The summed E-state index contributed by atoms with van der Waals surface area (Å²) in [6, 6.07) is 1.69. The molecule has 92 valence electrons. The van der Waals surface area contributed by atoms with Gasteiger partial charge in [-0.2, -0.15) is 0 Å². The average molecular weight is 255 g/mol. The van der Waals surface area contributed by atoms with Crippen LogP contribution in [0.2, 0.25) is 5.02 Å². The lowest BCUT2D eigenvalue weighted by Crippen LogP contribution is -2.27. The number of nitrogens with zero attached hydrogens (tertiary/aromatic N) is 1. The Morgan fingerprint density at radius 2 is 2.35 bits per heavy atom. The molecule has 1 aromatic rings. The molecule has 1 N–H and O–H groups in total. The van der Waals surface area contributed by atoms with Crippen LogP contribution in [0, 0.1) is 6.92 Å². The van der Waals surface area contributed by atoms with Crippen molar-refractivity contribution in [2.45, 2.75) is 38.9 Å². The monoisotopic (exact) mass is 254 g/mol. The summed E-state index contributed by atoms with van der Waals surface area (Å²) in [4.78, 5) is 16.0. The molecule has 0 spiro atoms. The van der Waals surface area contributed by atoms with Gasteiger partial charge in [-0.05, 0) is 32.8 Å². The Hall–Kier alpha value is -1.13. The molecule has 1 aromatic heterocycles.